The van der Waals surface area contributed by atoms with Gasteiger partial charge in [0.05, 0.1) is 17.4 Å². The number of halogens is 1. The van der Waals surface area contributed by atoms with Crippen LogP contribution in [0.25, 0.3) is 16.9 Å². The van der Waals surface area contributed by atoms with Crippen molar-refractivity contribution in [1.82, 2.24) is 19.7 Å². The zero-order chi connectivity index (χ0) is 18.8. The van der Waals surface area contributed by atoms with Gasteiger partial charge in [-0.2, -0.15) is 0 Å². The summed E-state index contributed by atoms with van der Waals surface area (Å²) >= 11 is 6.02. The third-order valence-electron chi connectivity index (χ3n) is 4.34. The lowest BCUT2D eigenvalue weighted by Gasteiger charge is -2.13. The second kappa shape index (κ2) is 7.21. The maximum atomic E-state index is 13.0. The van der Waals surface area contributed by atoms with Gasteiger partial charge in [0.2, 0.25) is 0 Å². The molecule has 0 bridgehead atoms. The molecule has 0 aliphatic rings. The van der Waals surface area contributed by atoms with Crippen LogP contribution in [0.2, 0.25) is 5.02 Å². The van der Waals surface area contributed by atoms with Crippen molar-refractivity contribution in [2.75, 3.05) is 0 Å². The van der Waals surface area contributed by atoms with Crippen molar-refractivity contribution in [3.63, 3.8) is 0 Å². The van der Waals surface area contributed by atoms with E-state index in [4.69, 9.17) is 11.6 Å². The van der Waals surface area contributed by atoms with E-state index in [-0.39, 0.29) is 11.9 Å². The zero-order valence-corrected chi connectivity index (χ0v) is 15.4. The van der Waals surface area contributed by atoms with Crippen LogP contribution in [0.4, 0.5) is 0 Å². The first-order valence-corrected chi connectivity index (χ1v) is 8.96. The Bertz CT molecular complexity index is 1090. The summed E-state index contributed by atoms with van der Waals surface area (Å²) in [5.41, 5.74) is 3.47. The second-order valence-electron chi connectivity index (χ2n) is 6.19. The Kier molecular flexibility index (Phi) is 4.60. The van der Waals surface area contributed by atoms with E-state index in [1.54, 1.807) is 18.3 Å². The molecule has 1 amide bonds. The lowest BCUT2D eigenvalue weighted by atomic mass is 10.1. The summed E-state index contributed by atoms with van der Waals surface area (Å²) < 4.78 is 1.91. The molecule has 3 heterocycles. The fourth-order valence-corrected chi connectivity index (χ4v) is 3.13. The van der Waals surface area contributed by atoms with Crippen molar-refractivity contribution in [3.8, 4) is 11.3 Å². The molecule has 134 valence electrons. The predicted molar refractivity (Wildman–Crippen MR) is 106 cm³/mol. The third-order valence-corrected chi connectivity index (χ3v) is 4.59. The van der Waals surface area contributed by atoms with Gasteiger partial charge in [-0.1, -0.05) is 35.9 Å². The summed E-state index contributed by atoms with van der Waals surface area (Å²) in [6, 6.07) is 18.4. The highest BCUT2D eigenvalue weighted by atomic mass is 35.5. The van der Waals surface area contributed by atoms with Gasteiger partial charge < -0.3 is 5.32 Å². The molecule has 27 heavy (non-hydrogen) atoms. The van der Waals surface area contributed by atoms with Crippen LogP contribution in [-0.4, -0.2) is 20.3 Å². The van der Waals surface area contributed by atoms with E-state index in [1.165, 1.54) is 0 Å². The summed E-state index contributed by atoms with van der Waals surface area (Å²) in [5, 5.41) is 3.63. The number of rotatable bonds is 4. The summed E-state index contributed by atoms with van der Waals surface area (Å²) in [7, 11) is 0. The summed E-state index contributed by atoms with van der Waals surface area (Å²) in [6.07, 6.45) is 3.60. The summed E-state index contributed by atoms with van der Waals surface area (Å²) in [4.78, 5) is 21.9. The molecule has 0 fully saturated rings. The van der Waals surface area contributed by atoms with Gasteiger partial charge in [0.25, 0.3) is 5.91 Å². The number of hydrogen-bond acceptors (Lipinski definition) is 3. The minimum absolute atomic E-state index is 0.235. The van der Waals surface area contributed by atoms with Crippen LogP contribution in [0.15, 0.2) is 73.1 Å². The van der Waals surface area contributed by atoms with E-state index < -0.39 is 0 Å². The van der Waals surface area contributed by atoms with Gasteiger partial charge in [-0.25, -0.2) is 4.98 Å². The molecule has 4 aromatic rings. The van der Waals surface area contributed by atoms with Gasteiger partial charge in [-0.05, 0) is 43.3 Å². The van der Waals surface area contributed by atoms with Gasteiger partial charge in [0.1, 0.15) is 5.65 Å². The number of carbonyl (C=O) groups is 1. The molecule has 0 saturated heterocycles. The first-order valence-electron chi connectivity index (χ1n) is 8.58. The molecule has 1 N–H and O–H groups in total. The van der Waals surface area contributed by atoms with Crippen LogP contribution < -0.4 is 5.32 Å². The average molecular weight is 377 g/mol. The van der Waals surface area contributed by atoms with Gasteiger partial charge in [0, 0.05) is 23.0 Å². The molecule has 3 aromatic heterocycles. The number of carbonyl (C=O) groups excluding carboxylic acids is 1. The van der Waals surface area contributed by atoms with E-state index in [9.17, 15) is 4.79 Å². The van der Waals surface area contributed by atoms with Crippen molar-refractivity contribution >= 4 is 23.2 Å². The molecular formula is C21H17ClN4O. The Hall–Kier alpha value is -3.18. The Labute approximate surface area is 161 Å². The number of nitrogens with zero attached hydrogens (tertiary/aromatic N) is 3. The highest BCUT2D eigenvalue weighted by molar-refractivity contribution is 6.30. The van der Waals surface area contributed by atoms with Crippen LogP contribution in [0.5, 0.6) is 0 Å². The van der Waals surface area contributed by atoms with Crippen molar-refractivity contribution in [3.05, 3.63) is 89.5 Å². The van der Waals surface area contributed by atoms with E-state index in [1.807, 2.05) is 66.1 Å². The minimum atomic E-state index is -0.248. The molecule has 1 atom stereocenters. The Morgan fingerprint density at radius 2 is 1.85 bits per heavy atom. The lowest BCUT2D eigenvalue weighted by molar-refractivity contribution is 0.0935. The first-order chi connectivity index (χ1) is 13.1. The molecule has 6 heteroatoms. The highest BCUT2D eigenvalue weighted by Gasteiger charge is 2.22. The second-order valence-corrected chi connectivity index (χ2v) is 6.63. The van der Waals surface area contributed by atoms with Crippen molar-refractivity contribution in [2.45, 2.75) is 13.0 Å². The topological polar surface area (TPSA) is 59.3 Å². The predicted octanol–water partition coefficient (Wildman–Crippen LogP) is 4.54. The molecule has 0 radical (unpaired) electrons. The molecular weight excluding hydrogens is 360 g/mol. The monoisotopic (exact) mass is 376 g/mol. The molecule has 4 rings (SSSR count). The largest absolute Gasteiger partial charge is 0.343 e. The molecule has 0 aliphatic carbocycles. The number of aromatic nitrogens is 3. The van der Waals surface area contributed by atoms with Crippen molar-refractivity contribution < 1.29 is 4.79 Å². The van der Waals surface area contributed by atoms with E-state index in [2.05, 4.69) is 15.3 Å². The van der Waals surface area contributed by atoms with Crippen LogP contribution in [0, 0.1) is 0 Å². The number of hydrogen-bond donors (Lipinski definition) is 1. The van der Waals surface area contributed by atoms with Crippen molar-refractivity contribution in [2.24, 2.45) is 0 Å². The van der Waals surface area contributed by atoms with Gasteiger partial charge in [-0.3, -0.25) is 14.2 Å². The Morgan fingerprint density at radius 3 is 2.59 bits per heavy atom. The standard InChI is InChI=1S/C21H17ClN4O/c1-14(17-6-2-4-12-23-17)24-21(27)19-20(15-8-10-16(22)11-9-15)26-13-5-3-7-18(26)25-19/h2-14H,1H3,(H,24,27)/t14-/m0/s1. The van der Waals surface area contributed by atoms with Crippen LogP contribution in [0.3, 0.4) is 0 Å². The highest BCUT2D eigenvalue weighted by Crippen LogP contribution is 2.27. The summed E-state index contributed by atoms with van der Waals surface area (Å²) in [6.45, 7) is 1.90. The van der Waals surface area contributed by atoms with E-state index in [0.717, 1.165) is 17.0 Å². The average Bonchev–Trinajstić information content (AvgIpc) is 3.09. The minimum Gasteiger partial charge on any atom is -0.343 e. The fraction of sp³-hybridized carbons (Fsp3) is 0.0952. The maximum Gasteiger partial charge on any atom is 0.272 e. The smallest absolute Gasteiger partial charge is 0.272 e. The van der Waals surface area contributed by atoms with Gasteiger partial charge in [0.15, 0.2) is 5.69 Å². The normalized spacial score (nSPS) is 12.1. The zero-order valence-electron chi connectivity index (χ0n) is 14.6. The Morgan fingerprint density at radius 1 is 1.07 bits per heavy atom. The van der Waals surface area contributed by atoms with E-state index >= 15 is 0 Å². The van der Waals surface area contributed by atoms with Crippen LogP contribution in [-0.2, 0) is 0 Å². The van der Waals surface area contributed by atoms with Crippen LogP contribution in [0.1, 0.15) is 29.1 Å². The fourth-order valence-electron chi connectivity index (χ4n) is 3.01. The van der Waals surface area contributed by atoms with Gasteiger partial charge in [-0.15, -0.1) is 0 Å². The number of amides is 1. The third kappa shape index (κ3) is 3.41. The quantitative estimate of drug-likeness (QED) is 0.568. The first kappa shape index (κ1) is 17.2. The SMILES string of the molecule is C[C@H](NC(=O)c1nc2ccccn2c1-c1ccc(Cl)cc1)c1ccccn1. The molecule has 0 saturated carbocycles. The van der Waals surface area contributed by atoms with Crippen molar-refractivity contribution in [1.29, 1.82) is 0 Å². The molecule has 5 nitrogen and oxygen atoms in total. The molecule has 0 spiro atoms. The van der Waals surface area contributed by atoms with Gasteiger partial charge >= 0.3 is 0 Å². The number of nitrogens with one attached hydrogen (secondary N) is 1. The van der Waals surface area contributed by atoms with E-state index in [0.29, 0.717) is 16.4 Å². The number of imidazole rings is 1. The molecule has 0 unspecified atom stereocenters. The number of pyridine rings is 2. The maximum absolute atomic E-state index is 13.0. The molecule has 0 aliphatic heterocycles. The lowest BCUT2D eigenvalue weighted by Crippen LogP contribution is -2.28. The Balaban J connectivity index is 1.75. The number of benzene rings is 1. The van der Waals surface area contributed by atoms with Crippen LogP contribution >= 0.6 is 11.6 Å². The summed E-state index contributed by atoms with van der Waals surface area (Å²) in [5.74, 6) is -0.248. The number of fused-ring (bicyclic) bond motifs is 1. The molecule has 1 aromatic carbocycles.